The lowest BCUT2D eigenvalue weighted by atomic mass is 10.0. The number of hydrogen-bond donors (Lipinski definition) is 1. The molecule has 0 aromatic carbocycles. The van der Waals surface area contributed by atoms with Gasteiger partial charge in [0.25, 0.3) is 0 Å². The average molecular weight is 240 g/mol. The number of rotatable bonds is 4. The van der Waals surface area contributed by atoms with Crippen LogP contribution in [0, 0.1) is 0 Å². The maximum absolute atomic E-state index is 5.59. The molecule has 0 saturated carbocycles. The maximum atomic E-state index is 5.59. The molecule has 3 atom stereocenters. The zero-order valence-corrected chi connectivity index (χ0v) is 11.5. The largest absolute Gasteiger partial charge is 0.378 e. The van der Waals surface area contributed by atoms with Gasteiger partial charge >= 0.3 is 0 Å². The molecule has 2 rings (SSSR count). The Hall–Kier alpha value is -0.120. The van der Waals surface area contributed by atoms with Gasteiger partial charge in [0.2, 0.25) is 0 Å². The molecule has 0 aliphatic carbocycles. The minimum atomic E-state index is 0.434. The van der Waals surface area contributed by atoms with Crippen molar-refractivity contribution in [3.63, 3.8) is 0 Å². The monoisotopic (exact) mass is 240 g/mol. The highest BCUT2D eigenvalue weighted by Crippen LogP contribution is 2.14. The van der Waals surface area contributed by atoms with Gasteiger partial charge in [-0.3, -0.25) is 0 Å². The SMILES string of the molecule is CC(CN1CCCCC1)NC1CCOC(C)C1. The van der Waals surface area contributed by atoms with Crippen molar-refractivity contribution in [2.45, 2.75) is 64.1 Å². The predicted molar refractivity (Wildman–Crippen MR) is 71.3 cm³/mol. The summed E-state index contributed by atoms with van der Waals surface area (Å²) in [6, 6.07) is 1.28. The van der Waals surface area contributed by atoms with Crippen molar-refractivity contribution < 1.29 is 4.74 Å². The van der Waals surface area contributed by atoms with Crippen molar-refractivity contribution in [2.24, 2.45) is 0 Å². The zero-order valence-electron chi connectivity index (χ0n) is 11.5. The Morgan fingerprint density at radius 1 is 1.29 bits per heavy atom. The van der Waals surface area contributed by atoms with Gasteiger partial charge in [-0.05, 0) is 52.6 Å². The third kappa shape index (κ3) is 4.57. The van der Waals surface area contributed by atoms with Gasteiger partial charge in [-0.2, -0.15) is 0 Å². The van der Waals surface area contributed by atoms with E-state index < -0.39 is 0 Å². The first-order valence-electron chi connectivity index (χ1n) is 7.34. The second kappa shape index (κ2) is 6.72. The van der Waals surface area contributed by atoms with Gasteiger partial charge in [0.15, 0.2) is 0 Å². The van der Waals surface area contributed by atoms with Crippen LogP contribution < -0.4 is 5.32 Å². The summed E-state index contributed by atoms with van der Waals surface area (Å²) in [5.41, 5.74) is 0. The molecule has 0 aromatic heterocycles. The fourth-order valence-electron chi connectivity index (χ4n) is 3.13. The summed E-state index contributed by atoms with van der Waals surface area (Å²) in [6.45, 7) is 9.26. The quantitative estimate of drug-likeness (QED) is 0.813. The summed E-state index contributed by atoms with van der Waals surface area (Å²) < 4.78 is 5.59. The van der Waals surface area contributed by atoms with E-state index in [0.29, 0.717) is 18.2 Å². The van der Waals surface area contributed by atoms with E-state index in [1.807, 2.05) is 0 Å². The van der Waals surface area contributed by atoms with Crippen molar-refractivity contribution in [3.8, 4) is 0 Å². The maximum Gasteiger partial charge on any atom is 0.0561 e. The van der Waals surface area contributed by atoms with Crippen molar-refractivity contribution in [2.75, 3.05) is 26.2 Å². The molecule has 17 heavy (non-hydrogen) atoms. The summed E-state index contributed by atoms with van der Waals surface area (Å²) in [7, 11) is 0. The number of hydrogen-bond acceptors (Lipinski definition) is 3. The van der Waals surface area contributed by atoms with Crippen LogP contribution in [-0.4, -0.2) is 49.3 Å². The van der Waals surface area contributed by atoms with E-state index >= 15 is 0 Å². The Labute approximate surface area is 106 Å². The fourth-order valence-corrected chi connectivity index (χ4v) is 3.13. The molecule has 0 amide bonds. The highest BCUT2D eigenvalue weighted by molar-refractivity contribution is 4.79. The Kier molecular flexibility index (Phi) is 5.26. The standard InChI is InChI=1S/C14H28N2O/c1-12(11-16-7-4-3-5-8-16)15-14-6-9-17-13(2)10-14/h12-15H,3-11H2,1-2H3. The molecular formula is C14H28N2O. The molecule has 1 N–H and O–H groups in total. The lowest BCUT2D eigenvalue weighted by Crippen LogP contribution is -2.47. The van der Waals surface area contributed by atoms with Crippen LogP contribution in [0.2, 0.25) is 0 Å². The van der Waals surface area contributed by atoms with Crippen LogP contribution in [0.3, 0.4) is 0 Å². The van der Waals surface area contributed by atoms with Gasteiger partial charge in [0.05, 0.1) is 6.10 Å². The lowest BCUT2D eigenvalue weighted by molar-refractivity contribution is 0.0107. The Balaban J connectivity index is 1.66. The first-order chi connectivity index (χ1) is 8.24. The van der Waals surface area contributed by atoms with Crippen LogP contribution in [0.4, 0.5) is 0 Å². The van der Waals surface area contributed by atoms with Crippen LogP contribution in [0.1, 0.15) is 46.0 Å². The van der Waals surface area contributed by atoms with Crippen molar-refractivity contribution in [3.05, 3.63) is 0 Å². The summed E-state index contributed by atoms with van der Waals surface area (Å²) in [5.74, 6) is 0. The first kappa shape index (κ1) is 13.3. The van der Waals surface area contributed by atoms with Crippen molar-refractivity contribution in [1.82, 2.24) is 10.2 Å². The van der Waals surface area contributed by atoms with Crippen molar-refractivity contribution in [1.29, 1.82) is 0 Å². The summed E-state index contributed by atoms with van der Waals surface area (Å²) in [5, 5.41) is 3.77. The molecule has 0 aromatic rings. The second-order valence-electron chi connectivity index (χ2n) is 5.83. The van der Waals surface area contributed by atoms with E-state index in [4.69, 9.17) is 4.74 Å². The van der Waals surface area contributed by atoms with E-state index in [-0.39, 0.29) is 0 Å². The van der Waals surface area contributed by atoms with E-state index in [1.165, 1.54) is 51.7 Å². The van der Waals surface area contributed by atoms with E-state index in [0.717, 1.165) is 6.61 Å². The van der Waals surface area contributed by atoms with Crippen molar-refractivity contribution >= 4 is 0 Å². The molecule has 3 nitrogen and oxygen atoms in total. The molecule has 100 valence electrons. The molecule has 0 bridgehead atoms. The molecule has 2 saturated heterocycles. The zero-order chi connectivity index (χ0) is 12.1. The molecule has 0 radical (unpaired) electrons. The Morgan fingerprint density at radius 2 is 2.06 bits per heavy atom. The highest BCUT2D eigenvalue weighted by Gasteiger charge is 2.21. The minimum Gasteiger partial charge on any atom is -0.378 e. The van der Waals surface area contributed by atoms with Gasteiger partial charge in [0, 0.05) is 25.2 Å². The topological polar surface area (TPSA) is 24.5 Å². The number of nitrogens with zero attached hydrogens (tertiary/aromatic N) is 1. The van der Waals surface area contributed by atoms with Crippen LogP contribution in [-0.2, 0) is 4.74 Å². The summed E-state index contributed by atoms with van der Waals surface area (Å²) in [4.78, 5) is 2.62. The summed E-state index contributed by atoms with van der Waals surface area (Å²) in [6.07, 6.45) is 6.99. The molecule has 3 heteroatoms. The van der Waals surface area contributed by atoms with Crippen LogP contribution in [0.15, 0.2) is 0 Å². The van der Waals surface area contributed by atoms with Gasteiger partial charge in [-0.25, -0.2) is 0 Å². The van der Waals surface area contributed by atoms with Crippen LogP contribution >= 0.6 is 0 Å². The second-order valence-corrected chi connectivity index (χ2v) is 5.83. The number of nitrogens with one attached hydrogen (secondary N) is 1. The van der Waals surface area contributed by atoms with Crippen LogP contribution in [0.5, 0.6) is 0 Å². The molecule has 2 aliphatic heterocycles. The van der Waals surface area contributed by atoms with Gasteiger partial charge < -0.3 is 15.0 Å². The Morgan fingerprint density at radius 3 is 2.76 bits per heavy atom. The smallest absolute Gasteiger partial charge is 0.0561 e. The highest BCUT2D eigenvalue weighted by atomic mass is 16.5. The van der Waals surface area contributed by atoms with Gasteiger partial charge in [-0.1, -0.05) is 6.42 Å². The van der Waals surface area contributed by atoms with E-state index in [2.05, 4.69) is 24.1 Å². The minimum absolute atomic E-state index is 0.434. The van der Waals surface area contributed by atoms with Gasteiger partial charge in [0.1, 0.15) is 0 Å². The molecule has 0 spiro atoms. The lowest BCUT2D eigenvalue weighted by Gasteiger charge is -2.34. The molecule has 3 unspecified atom stereocenters. The normalized spacial score (nSPS) is 33.5. The first-order valence-corrected chi connectivity index (χ1v) is 7.34. The third-order valence-corrected chi connectivity index (χ3v) is 3.99. The van der Waals surface area contributed by atoms with E-state index in [9.17, 15) is 0 Å². The molecule has 2 aliphatic rings. The van der Waals surface area contributed by atoms with E-state index in [1.54, 1.807) is 0 Å². The summed E-state index contributed by atoms with van der Waals surface area (Å²) >= 11 is 0. The average Bonchev–Trinajstić information content (AvgIpc) is 2.30. The van der Waals surface area contributed by atoms with Gasteiger partial charge in [-0.15, -0.1) is 0 Å². The predicted octanol–water partition coefficient (Wildman–Crippen LogP) is 2.02. The van der Waals surface area contributed by atoms with Crippen LogP contribution in [0.25, 0.3) is 0 Å². The molecule has 2 heterocycles. The number of likely N-dealkylation sites (tertiary alicyclic amines) is 1. The molecule has 2 fully saturated rings. The fraction of sp³-hybridized carbons (Fsp3) is 1.00. The third-order valence-electron chi connectivity index (χ3n) is 3.99. The number of piperidine rings is 1. The molecular weight excluding hydrogens is 212 g/mol. The Bertz CT molecular complexity index is 216. The number of ether oxygens (including phenoxy) is 1.